The summed E-state index contributed by atoms with van der Waals surface area (Å²) in [5, 5.41) is 0.619. The number of fused-ring (bicyclic) bond motifs is 1. The van der Waals surface area contributed by atoms with Crippen LogP contribution >= 0.6 is 22.9 Å². The molecule has 0 saturated carbocycles. The zero-order valence-corrected chi connectivity index (χ0v) is 14.7. The van der Waals surface area contributed by atoms with Crippen LogP contribution in [0.3, 0.4) is 0 Å². The van der Waals surface area contributed by atoms with E-state index in [-0.39, 0.29) is 16.5 Å². The Hall–Kier alpha value is -1.24. The van der Waals surface area contributed by atoms with Crippen LogP contribution in [0.1, 0.15) is 25.7 Å². The van der Waals surface area contributed by atoms with Crippen molar-refractivity contribution in [1.82, 2.24) is 9.88 Å². The molecule has 7 heteroatoms. The lowest BCUT2D eigenvalue weighted by molar-refractivity contribution is 0.203. The summed E-state index contributed by atoms with van der Waals surface area (Å²) in [6.45, 7) is 2.84. The normalized spacial score (nSPS) is 19.6. The van der Waals surface area contributed by atoms with Crippen molar-refractivity contribution in [3.8, 4) is 0 Å². The number of anilines is 2. The maximum absolute atomic E-state index is 13.8. The van der Waals surface area contributed by atoms with Gasteiger partial charge in [-0.2, -0.15) is 4.39 Å². The van der Waals surface area contributed by atoms with E-state index < -0.39 is 0 Å². The zero-order valence-electron chi connectivity index (χ0n) is 13.1. The summed E-state index contributed by atoms with van der Waals surface area (Å²) in [7, 11) is 0. The smallest absolute Gasteiger partial charge is 0.198 e. The lowest BCUT2D eigenvalue weighted by Gasteiger charge is -2.37. The molecule has 2 aromatic rings. The minimum Gasteiger partial charge on any atom is -0.314 e. The van der Waals surface area contributed by atoms with E-state index in [1.165, 1.54) is 18.3 Å². The molecule has 0 bridgehead atoms. The number of rotatable bonds is 4. The van der Waals surface area contributed by atoms with Gasteiger partial charge in [-0.1, -0.05) is 22.9 Å². The third kappa shape index (κ3) is 2.80. The Bertz CT molecular complexity index is 741. The summed E-state index contributed by atoms with van der Waals surface area (Å²) >= 11 is 7.30. The lowest BCUT2D eigenvalue weighted by Crippen LogP contribution is -2.47. The van der Waals surface area contributed by atoms with Crippen LogP contribution in [0.25, 0.3) is 0 Å². The molecule has 3 nitrogen and oxygen atoms in total. The topological polar surface area (TPSA) is 19.4 Å². The van der Waals surface area contributed by atoms with Gasteiger partial charge in [-0.05, 0) is 57.0 Å². The van der Waals surface area contributed by atoms with Crippen molar-refractivity contribution in [2.24, 2.45) is 0 Å². The molecule has 0 aliphatic carbocycles. The van der Waals surface area contributed by atoms with Crippen molar-refractivity contribution >= 4 is 33.8 Å². The number of halogens is 3. The van der Waals surface area contributed by atoms with E-state index in [0.717, 1.165) is 50.1 Å². The first-order chi connectivity index (χ1) is 11.6. The highest BCUT2D eigenvalue weighted by atomic mass is 35.5. The van der Waals surface area contributed by atoms with Crippen LogP contribution in [0.5, 0.6) is 0 Å². The molecule has 4 rings (SSSR count). The molecule has 2 aliphatic rings. The standard InChI is InChI=1S/C17H18ClF2N3S/c18-13-4-3-12(19)9-14(13)23(16-21-10-15(20)24-16)11-17-5-1-7-22(17)8-2-6-17/h3-4,9-10H,1-2,5-8,11H2. The monoisotopic (exact) mass is 369 g/mol. The molecule has 2 aliphatic heterocycles. The molecule has 0 spiro atoms. The number of hydrogen-bond acceptors (Lipinski definition) is 4. The van der Waals surface area contributed by atoms with Gasteiger partial charge in [0.2, 0.25) is 0 Å². The summed E-state index contributed by atoms with van der Waals surface area (Å²) in [5.41, 5.74) is 0.608. The molecule has 1 aromatic carbocycles. The zero-order chi connectivity index (χ0) is 16.7. The summed E-state index contributed by atoms with van der Waals surface area (Å²) in [4.78, 5) is 8.59. The molecule has 0 unspecified atom stereocenters. The van der Waals surface area contributed by atoms with Crippen LogP contribution in [-0.4, -0.2) is 35.1 Å². The Kier molecular flexibility index (Phi) is 4.22. The number of thiazole rings is 1. The Labute approximate surface area is 148 Å². The summed E-state index contributed by atoms with van der Waals surface area (Å²) in [6, 6.07) is 4.29. The minimum absolute atomic E-state index is 0.0534. The number of benzene rings is 1. The lowest BCUT2D eigenvalue weighted by atomic mass is 9.93. The molecule has 0 amide bonds. The highest BCUT2D eigenvalue weighted by Crippen LogP contribution is 2.43. The van der Waals surface area contributed by atoms with Gasteiger partial charge in [-0.15, -0.1) is 0 Å². The number of aromatic nitrogens is 1. The van der Waals surface area contributed by atoms with E-state index in [4.69, 9.17) is 11.6 Å². The highest BCUT2D eigenvalue weighted by Gasteiger charge is 2.46. The average molecular weight is 370 g/mol. The molecule has 0 N–H and O–H groups in total. The molecular weight excluding hydrogens is 352 g/mol. The van der Waals surface area contributed by atoms with Gasteiger partial charge >= 0.3 is 0 Å². The maximum atomic E-state index is 13.8. The first-order valence-electron chi connectivity index (χ1n) is 8.16. The van der Waals surface area contributed by atoms with E-state index in [9.17, 15) is 8.78 Å². The minimum atomic E-state index is -0.358. The first-order valence-corrected chi connectivity index (χ1v) is 9.36. The van der Waals surface area contributed by atoms with Gasteiger partial charge in [0.1, 0.15) is 5.82 Å². The summed E-state index contributed by atoms with van der Waals surface area (Å²) in [6.07, 6.45) is 5.74. The number of hydrogen-bond donors (Lipinski definition) is 0. The van der Waals surface area contributed by atoms with E-state index in [2.05, 4.69) is 9.88 Å². The summed E-state index contributed by atoms with van der Waals surface area (Å²) < 4.78 is 27.4. The molecule has 2 saturated heterocycles. The Morgan fingerprint density at radius 1 is 1.25 bits per heavy atom. The maximum Gasteiger partial charge on any atom is 0.198 e. The molecule has 2 fully saturated rings. The largest absolute Gasteiger partial charge is 0.314 e. The van der Waals surface area contributed by atoms with Crippen LogP contribution in [0.2, 0.25) is 5.02 Å². The third-order valence-corrected chi connectivity index (χ3v) is 6.29. The van der Waals surface area contributed by atoms with Gasteiger partial charge in [-0.25, -0.2) is 9.37 Å². The molecule has 1 aromatic heterocycles. The molecule has 24 heavy (non-hydrogen) atoms. The first kappa shape index (κ1) is 16.2. The quantitative estimate of drug-likeness (QED) is 0.768. The molecular formula is C17H18ClF2N3S. The van der Waals surface area contributed by atoms with Crippen molar-refractivity contribution < 1.29 is 8.78 Å². The fraction of sp³-hybridized carbons (Fsp3) is 0.471. The van der Waals surface area contributed by atoms with Gasteiger partial charge in [-0.3, -0.25) is 4.90 Å². The van der Waals surface area contributed by atoms with Gasteiger partial charge in [0.15, 0.2) is 10.3 Å². The fourth-order valence-electron chi connectivity index (χ4n) is 4.10. The predicted molar refractivity (Wildman–Crippen MR) is 93.3 cm³/mol. The van der Waals surface area contributed by atoms with Gasteiger partial charge in [0.05, 0.1) is 16.9 Å². The van der Waals surface area contributed by atoms with E-state index >= 15 is 0 Å². The fourth-order valence-corrected chi connectivity index (χ4v) is 4.97. The SMILES string of the molecule is Fc1ccc(Cl)c(N(CC23CCCN2CCC3)c2ncc(F)s2)c1. The predicted octanol–water partition coefficient (Wildman–Crippen LogP) is 4.84. The Balaban J connectivity index is 1.75. The van der Waals surface area contributed by atoms with Crippen LogP contribution in [-0.2, 0) is 0 Å². The number of nitrogens with zero attached hydrogens (tertiary/aromatic N) is 3. The van der Waals surface area contributed by atoms with Crippen molar-refractivity contribution in [3.05, 3.63) is 40.4 Å². The van der Waals surface area contributed by atoms with Gasteiger partial charge < -0.3 is 4.90 Å². The second-order valence-electron chi connectivity index (χ2n) is 6.55. The highest BCUT2D eigenvalue weighted by molar-refractivity contribution is 7.14. The van der Waals surface area contributed by atoms with Crippen molar-refractivity contribution in [2.75, 3.05) is 24.5 Å². The molecule has 128 valence electrons. The van der Waals surface area contributed by atoms with Gasteiger partial charge in [0, 0.05) is 12.1 Å². The second kappa shape index (κ2) is 6.24. The summed E-state index contributed by atoms with van der Waals surface area (Å²) in [5.74, 6) is -0.358. The Morgan fingerprint density at radius 2 is 2.00 bits per heavy atom. The molecule has 0 radical (unpaired) electrons. The van der Waals surface area contributed by atoms with Gasteiger partial charge in [0.25, 0.3) is 0 Å². The third-order valence-electron chi connectivity index (χ3n) is 5.16. The van der Waals surface area contributed by atoms with Crippen LogP contribution in [0, 0.1) is 10.9 Å². The second-order valence-corrected chi connectivity index (χ2v) is 7.91. The van der Waals surface area contributed by atoms with E-state index in [1.54, 1.807) is 6.07 Å². The van der Waals surface area contributed by atoms with Crippen LogP contribution < -0.4 is 4.90 Å². The van der Waals surface area contributed by atoms with Crippen LogP contribution in [0.15, 0.2) is 24.4 Å². The van der Waals surface area contributed by atoms with Crippen molar-refractivity contribution in [1.29, 1.82) is 0 Å². The van der Waals surface area contributed by atoms with Crippen molar-refractivity contribution in [3.63, 3.8) is 0 Å². The van der Waals surface area contributed by atoms with E-state index in [1.807, 2.05) is 4.90 Å². The molecule has 3 heterocycles. The average Bonchev–Trinajstić information content (AvgIpc) is 3.23. The van der Waals surface area contributed by atoms with E-state index in [0.29, 0.717) is 22.4 Å². The van der Waals surface area contributed by atoms with Crippen LogP contribution in [0.4, 0.5) is 19.6 Å². The Morgan fingerprint density at radius 3 is 2.67 bits per heavy atom. The van der Waals surface area contributed by atoms with Crippen molar-refractivity contribution in [2.45, 2.75) is 31.2 Å². The molecule has 0 atom stereocenters.